The summed E-state index contributed by atoms with van der Waals surface area (Å²) in [5, 5.41) is 14.6. The number of ether oxygens (including phenoxy) is 2. The second kappa shape index (κ2) is 8.45. The maximum Gasteiger partial charge on any atom is 0.387 e. The summed E-state index contributed by atoms with van der Waals surface area (Å²) in [7, 11) is 0. The van der Waals surface area contributed by atoms with E-state index in [0.29, 0.717) is 17.2 Å². The minimum atomic E-state index is -3.21. The van der Waals surface area contributed by atoms with E-state index in [0.717, 1.165) is 15.2 Å². The van der Waals surface area contributed by atoms with Crippen LogP contribution in [0.3, 0.4) is 0 Å². The number of halogens is 5. The molecule has 2 aromatic carbocycles. The van der Waals surface area contributed by atoms with Crippen molar-refractivity contribution in [1.82, 2.24) is 20.2 Å². The molecule has 30 heavy (non-hydrogen) atoms. The Morgan fingerprint density at radius 3 is 2.37 bits per heavy atom. The SMILES string of the molecule is FC(F)Oc1ccc(C2C=C(c3ccc(I)cc3)Nc3nnnn32)cc1OC(F)F. The highest BCUT2D eigenvalue weighted by Gasteiger charge is 2.26. The van der Waals surface area contributed by atoms with Crippen molar-refractivity contribution in [2.24, 2.45) is 0 Å². The van der Waals surface area contributed by atoms with Gasteiger partial charge in [0, 0.05) is 9.27 Å². The van der Waals surface area contributed by atoms with Gasteiger partial charge in [-0.25, -0.2) is 0 Å². The van der Waals surface area contributed by atoms with Crippen molar-refractivity contribution < 1.29 is 27.0 Å². The van der Waals surface area contributed by atoms with Crippen LogP contribution in [-0.4, -0.2) is 33.4 Å². The number of benzene rings is 2. The molecule has 3 aromatic rings. The van der Waals surface area contributed by atoms with Crippen LogP contribution in [0.2, 0.25) is 0 Å². The standard InChI is InChI=1S/C18H12F4IN5O2/c19-16(20)29-14-6-3-10(7-15(14)30-17(21)22)13-8-12(9-1-4-11(23)5-2-9)24-18-25-26-27-28(13)18/h1-8,13,16-17H,(H,24,25,27). The molecule has 1 N–H and O–H groups in total. The minimum Gasteiger partial charge on any atom is -0.431 e. The molecule has 1 aromatic heterocycles. The number of hydrogen-bond donors (Lipinski definition) is 1. The Bertz CT molecular complexity index is 1070. The predicted octanol–water partition coefficient (Wildman–Crippen LogP) is 4.54. The number of fused-ring (bicyclic) bond motifs is 1. The first-order valence-electron chi connectivity index (χ1n) is 8.47. The second-order valence-electron chi connectivity index (χ2n) is 6.07. The Labute approximate surface area is 180 Å². The van der Waals surface area contributed by atoms with E-state index in [9.17, 15) is 17.6 Å². The van der Waals surface area contributed by atoms with Gasteiger partial charge in [-0.1, -0.05) is 23.3 Å². The quantitative estimate of drug-likeness (QED) is 0.371. The van der Waals surface area contributed by atoms with Crippen LogP contribution >= 0.6 is 22.6 Å². The van der Waals surface area contributed by atoms with E-state index in [1.807, 2.05) is 24.3 Å². The van der Waals surface area contributed by atoms with Gasteiger partial charge in [0.25, 0.3) is 0 Å². The van der Waals surface area contributed by atoms with Crippen molar-refractivity contribution in [3.63, 3.8) is 0 Å². The number of aromatic nitrogens is 4. The van der Waals surface area contributed by atoms with Crippen LogP contribution < -0.4 is 14.8 Å². The molecule has 4 rings (SSSR count). The monoisotopic (exact) mass is 533 g/mol. The zero-order valence-corrected chi connectivity index (χ0v) is 17.0. The van der Waals surface area contributed by atoms with Gasteiger partial charge in [-0.05, 0) is 74.5 Å². The Balaban J connectivity index is 1.76. The van der Waals surface area contributed by atoms with Gasteiger partial charge in [0.05, 0.1) is 0 Å². The van der Waals surface area contributed by atoms with Gasteiger partial charge >= 0.3 is 13.2 Å². The molecule has 0 aliphatic carbocycles. The first kappa shape index (κ1) is 20.4. The second-order valence-corrected chi connectivity index (χ2v) is 7.31. The van der Waals surface area contributed by atoms with Gasteiger partial charge in [0.1, 0.15) is 6.04 Å². The van der Waals surface area contributed by atoms with Gasteiger partial charge in [0.15, 0.2) is 11.5 Å². The van der Waals surface area contributed by atoms with Gasteiger partial charge in [-0.2, -0.15) is 22.2 Å². The maximum atomic E-state index is 12.8. The molecule has 0 spiro atoms. The van der Waals surface area contributed by atoms with E-state index in [4.69, 9.17) is 0 Å². The largest absolute Gasteiger partial charge is 0.431 e. The number of nitrogens with one attached hydrogen (secondary N) is 1. The fraction of sp³-hybridized carbons (Fsp3) is 0.167. The molecule has 7 nitrogen and oxygen atoms in total. The summed E-state index contributed by atoms with van der Waals surface area (Å²) in [5.74, 6) is -0.679. The highest BCUT2D eigenvalue weighted by Crippen LogP contribution is 2.37. The van der Waals surface area contributed by atoms with Gasteiger partial charge in [-0.15, -0.1) is 0 Å². The molecule has 0 saturated carbocycles. The van der Waals surface area contributed by atoms with E-state index >= 15 is 0 Å². The molecule has 12 heteroatoms. The van der Waals surface area contributed by atoms with Gasteiger partial charge < -0.3 is 14.8 Å². The lowest BCUT2D eigenvalue weighted by molar-refractivity contribution is -0.0692. The lowest BCUT2D eigenvalue weighted by Gasteiger charge is -2.24. The molecule has 0 amide bonds. The number of anilines is 1. The van der Waals surface area contributed by atoms with Gasteiger partial charge in [-0.3, -0.25) is 0 Å². The summed E-state index contributed by atoms with van der Waals surface area (Å²) in [6.07, 6.45) is 1.79. The van der Waals surface area contributed by atoms with Crippen molar-refractivity contribution in [1.29, 1.82) is 0 Å². The highest BCUT2D eigenvalue weighted by atomic mass is 127. The molecule has 0 fully saturated rings. The third kappa shape index (κ3) is 4.32. The van der Waals surface area contributed by atoms with Crippen LogP contribution in [0.4, 0.5) is 23.5 Å². The van der Waals surface area contributed by atoms with Crippen LogP contribution in [-0.2, 0) is 0 Å². The molecule has 1 aliphatic rings. The predicted molar refractivity (Wildman–Crippen MR) is 106 cm³/mol. The average Bonchev–Trinajstić information content (AvgIpc) is 3.17. The molecular weight excluding hydrogens is 521 g/mol. The van der Waals surface area contributed by atoms with Crippen LogP contribution in [0.15, 0.2) is 48.5 Å². The molecule has 0 saturated heterocycles. The zero-order valence-electron chi connectivity index (χ0n) is 14.8. The zero-order chi connectivity index (χ0) is 21.3. The molecule has 0 bridgehead atoms. The number of nitrogens with zero attached hydrogens (tertiary/aromatic N) is 4. The smallest absolute Gasteiger partial charge is 0.387 e. The lowest BCUT2D eigenvalue weighted by atomic mass is 10.0. The Morgan fingerprint density at radius 2 is 1.67 bits per heavy atom. The molecular formula is C18H12F4IN5O2. The minimum absolute atomic E-state index is 0.334. The van der Waals surface area contributed by atoms with E-state index in [2.05, 4.69) is 52.9 Å². The molecule has 1 aliphatic heterocycles. The number of alkyl halides is 4. The molecule has 2 heterocycles. The summed E-state index contributed by atoms with van der Waals surface area (Å²) in [6, 6.07) is 10.9. The summed E-state index contributed by atoms with van der Waals surface area (Å²) in [5.41, 5.74) is 1.99. The number of tetrazole rings is 1. The highest BCUT2D eigenvalue weighted by molar-refractivity contribution is 14.1. The first-order chi connectivity index (χ1) is 14.4. The number of allylic oxidation sites excluding steroid dienone is 1. The summed E-state index contributed by atoms with van der Waals surface area (Å²) < 4.78 is 61.9. The maximum absolute atomic E-state index is 12.8. The van der Waals surface area contributed by atoms with E-state index in [-0.39, 0.29) is 0 Å². The van der Waals surface area contributed by atoms with E-state index in [1.54, 1.807) is 6.08 Å². The Morgan fingerprint density at radius 1 is 0.967 bits per heavy atom. The van der Waals surface area contributed by atoms with Crippen molar-refractivity contribution in [2.75, 3.05) is 5.32 Å². The van der Waals surface area contributed by atoms with Gasteiger partial charge in [0.2, 0.25) is 5.95 Å². The van der Waals surface area contributed by atoms with Crippen LogP contribution in [0.25, 0.3) is 5.70 Å². The third-order valence-corrected chi connectivity index (χ3v) is 4.94. The van der Waals surface area contributed by atoms with Crippen molar-refractivity contribution in [2.45, 2.75) is 19.3 Å². The van der Waals surface area contributed by atoms with E-state index in [1.165, 1.54) is 16.8 Å². The molecule has 1 unspecified atom stereocenters. The lowest BCUT2D eigenvalue weighted by Crippen LogP contribution is -2.20. The van der Waals surface area contributed by atoms with Crippen LogP contribution in [0.1, 0.15) is 17.2 Å². The summed E-state index contributed by atoms with van der Waals surface area (Å²) in [6.45, 7) is -6.40. The topological polar surface area (TPSA) is 74.1 Å². The molecule has 0 radical (unpaired) electrons. The average molecular weight is 533 g/mol. The van der Waals surface area contributed by atoms with Crippen LogP contribution in [0.5, 0.6) is 11.5 Å². The summed E-state index contributed by atoms with van der Waals surface area (Å²) in [4.78, 5) is 0. The Hall–Kier alpha value is -2.90. The number of hydrogen-bond acceptors (Lipinski definition) is 6. The third-order valence-electron chi connectivity index (χ3n) is 4.22. The fourth-order valence-electron chi connectivity index (χ4n) is 2.98. The van der Waals surface area contributed by atoms with Crippen molar-refractivity contribution in [3.8, 4) is 11.5 Å². The van der Waals surface area contributed by atoms with Crippen molar-refractivity contribution in [3.05, 3.63) is 63.2 Å². The number of rotatable bonds is 6. The molecule has 156 valence electrons. The van der Waals surface area contributed by atoms with Crippen molar-refractivity contribution >= 4 is 34.2 Å². The van der Waals surface area contributed by atoms with Crippen LogP contribution in [0, 0.1) is 3.57 Å². The normalized spacial score (nSPS) is 15.6. The van der Waals surface area contributed by atoms with E-state index < -0.39 is 30.8 Å². The molecule has 1 atom stereocenters. The Kier molecular flexibility index (Phi) is 5.74. The fourth-order valence-corrected chi connectivity index (χ4v) is 3.34. The summed E-state index contributed by atoms with van der Waals surface area (Å²) >= 11 is 2.19. The first-order valence-corrected chi connectivity index (χ1v) is 9.55.